The Bertz CT molecular complexity index is 1030. The van der Waals surface area contributed by atoms with Crippen molar-refractivity contribution in [1.82, 2.24) is 10.2 Å². The van der Waals surface area contributed by atoms with Crippen molar-refractivity contribution in [2.45, 2.75) is 52.8 Å². The molecule has 1 aliphatic rings. The molecule has 1 heterocycles. The van der Waals surface area contributed by atoms with E-state index >= 15 is 0 Å². The first-order valence-corrected chi connectivity index (χ1v) is 12.6. The number of anilines is 1. The van der Waals surface area contributed by atoms with Crippen LogP contribution < -0.4 is 15.0 Å². The van der Waals surface area contributed by atoms with Gasteiger partial charge in [-0.15, -0.1) is 11.6 Å². The summed E-state index contributed by atoms with van der Waals surface area (Å²) in [6.45, 7) is 11.7. The monoisotopic (exact) mass is 503 g/mol. The Kier molecular flexibility index (Phi) is 9.14. The fraction of sp³-hybridized carbons (Fsp3) is 0.481. The molecule has 1 aliphatic heterocycles. The lowest BCUT2D eigenvalue weighted by Crippen LogP contribution is -2.57. The van der Waals surface area contributed by atoms with E-state index in [-0.39, 0.29) is 23.9 Å². The van der Waals surface area contributed by atoms with Crippen molar-refractivity contribution in [3.05, 3.63) is 59.4 Å². The van der Waals surface area contributed by atoms with Crippen LogP contribution in [0.1, 0.15) is 44.9 Å². The average Bonchev–Trinajstić information content (AvgIpc) is 2.83. The topological polar surface area (TPSA) is 61.9 Å². The lowest BCUT2D eigenvalue weighted by atomic mass is 9.98. The maximum atomic E-state index is 14.1. The van der Waals surface area contributed by atoms with Gasteiger partial charge in [0.2, 0.25) is 5.91 Å². The highest BCUT2D eigenvalue weighted by Gasteiger charge is 2.37. The molecule has 1 saturated heterocycles. The van der Waals surface area contributed by atoms with Crippen LogP contribution in [0.4, 0.5) is 10.1 Å². The summed E-state index contributed by atoms with van der Waals surface area (Å²) >= 11 is 6.05. The Balaban J connectivity index is 2.09. The Hall–Kier alpha value is -2.64. The minimum atomic E-state index is -0.983. The van der Waals surface area contributed by atoms with E-state index in [1.165, 1.54) is 17.0 Å². The number of amides is 2. The number of aryl methyl sites for hydroxylation is 1. The van der Waals surface area contributed by atoms with Crippen LogP contribution >= 0.6 is 11.6 Å². The van der Waals surface area contributed by atoms with Crippen molar-refractivity contribution in [3.63, 3.8) is 0 Å². The van der Waals surface area contributed by atoms with Crippen LogP contribution in [0.25, 0.3) is 0 Å². The first kappa shape index (κ1) is 27.0. The second-order valence-electron chi connectivity index (χ2n) is 9.56. The highest BCUT2D eigenvalue weighted by molar-refractivity contribution is 6.30. The van der Waals surface area contributed by atoms with Gasteiger partial charge in [0.1, 0.15) is 23.5 Å². The number of nitrogens with one attached hydrogen (secondary N) is 1. The lowest BCUT2D eigenvalue weighted by Gasteiger charge is -2.40. The third-order valence-electron chi connectivity index (χ3n) is 6.18. The molecule has 1 fully saturated rings. The number of benzene rings is 2. The molecule has 2 atom stereocenters. The highest BCUT2D eigenvalue weighted by Crippen LogP contribution is 2.34. The van der Waals surface area contributed by atoms with Gasteiger partial charge in [0.25, 0.3) is 5.91 Å². The number of nitrogens with zero attached hydrogens (tertiary/aromatic N) is 2. The summed E-state index contributed by atoms with van der Waals surface area (Å²) < 4.78 is 19.6. The van der Waals surface area contributed by atoms with Crippen LogP contribution in [0.2, 0.25) is 0 Å². The molecule has 35 heavy (non-hydrogen) atoms. The number of carbonyl (C=O) groups excluding carboxylic acids is 2. The van der Waals surface area contributed by atoms with Crippen LogP contribution in [0.15, 0.2) is 42.5 Å². The van der Waals surface area contributed by atoms with Gasteiger partial charge in [-0.1, -0.05) is 26.0 Å². The van der Waals surface area contributed by atoms with E-state index in [1.807, 2.05) is 26.8 Å². The fourth-order valence-corrected chi connectivity index (χ4v) is 4.50. The average molecular weight is 504 g/mol. The third kappa shape index (κ3) is 6.53. The molecule has 0 spiro atoms. The molecule has 190 valence electrons. The molecule has 2 amide bonds. The second-order valence-corrected chi connectivity index (χ2v) is 9.82. The largest absolute Gasteiger partial charge is 0.491 e. The summed E-state index contributed by atoms with van der Waals surface area (Å²) in [5, 5.41) is 3.46. The van der Waals surface area contributed by atoms with Gasteiger partial charge in [0.05, 0.1) is 6.10 Å². The van der Waals surface area contributed by atoms with E-state index in [9.17, 15) is 14.0 Å². The molecule has 0 bridgehead atoms. The van der Waals surface area contributed by atoms with Gasteiger partial charge in [-0.25, -0.2) is 4.39 Å². The Morgan fingerprint density at radius 3 is 2.43 bits per heavy atom. The first-order valence-electron chi connectivity index (χ1n) is 12.0. The molecule has 0 saturated carbocycles. The number of hydrogen-bond donors (Lipinski definition) is 1. The van der Waals surface area contributed by atoms with Crippen molar-refractivity contribution in [3.8, 4) is 5.75 Å². The third-order valence-corrected chi connectivity index (χ3v) is 6.41. The zero-order valence-electron chi connectivity index (χ0n) is 21.1. The number of ether oxygens (including phenoxy) is 1. The van der Waals surface area contributed by atoms with Crippen LogP contribution in [0.3, 0.4) is 0 Å². The molecule has 2 aromatic carbocycles. The smallest absolute Gasteiger partial charge is 0.250 e. The molecular weight excluding hydrogens is 469 g/mol. The van der Waals surface area contributed by atoms with Crippen molar-refractivity contribution >= 4 is 29.1 Å². The van der Waals surface area contributed by atoms with Crippen molar-refractivity contribution in [2.24, 2.45) is 5.92 Å². The number of rotatable bonds is 8. The van der Waals surface area contributed by atoms with Gasteiger partial charge in [-0.2, -0.15) is 0 Å². The molecule has 6 nitrogen and oxygen atoms in total. The standard InChI is InChI=1S/C27H35ClFN3O3/c1-17(2)23-16-31(13-12-30-23)27(34)26(20-6-8-21(29)9-7-20)32(25(33)15-28)24-11-10-22(14-19(24)5)35-18(3)4/h6-11,14,17-18,23,26,30H,12-13,15-16H2,1-5H3. The molecule has 2 aromatic rings. The van der Waals surface area contributed by atoms with Crippen LogP contribution in [-0.4, -0.2) is 54.4 Å². The van der Waals surface area contributed by atoms with Gasteiger partial charge in [-0.05, 0) is 68.1 Å². The number of hydrogen-bond acceptors (Lipinski definition) is 4. The minimum Gasteiger partial charge on any atom is -0.491 e. The summed E-state index contributed by atoms with van der Waals surface area (Å²) in [7, 11) is 0. The van der Waals surface area contributed by atoms with Gasteiger partial charge >= 0.3 is 0 Å². The van der Waals surface area contributed by atoms with Gasteiger partial charge in [0.15, 0.2) is 0 Å². The van der Waals surface area contributed by atoms with Gasteiger partial charge in [-0.3, -0.25) is 14.5 Å². The van der Waals surface area contributed by atoms with E-state index in [0.717, 1.165) is 5.56 Å². The Morgan fingerprint density at radius 2 is 1.86 bits per heavy atom. The molecule has 1 N–H and O–H groups in total. The minimum absolute atomic E-state index is 0.00372. The Morgan fingerprint density at radius 1 is 1.17 bits per heavy atom. The molecule has 8 heteroatoms. The quantitative estimate of drug-likeness (QED) is 0.531. The predicted octanol–water partition coefficient (Wildman–Crippen LogP) is 4.69. The molecule has 0 radical (unpaired) electrons. The van der Waals surface area contributed by atoms with E-state index in [0.29, 0.717) is 42.6 Å². The van der Waals surface area contributed by atoms with Crippen LogP contribution in [0.5, 0.6) is 5.75 Å². The fourth-order valence-electron chi connectivity index (χ4n) is 4.37. The Labute approximate surface area is 212 Å². The highest BCUT2D eigenvalue weighted by atomic mass is 35.5. The lowest BCUT2D eigenvalue weighted by molar-refractivity contribution is -0.135. The zero-order chi connectivity index (χ0) is 25.7. The number of alkyl halides is 1. The van der Waals surface area contributed by atoms with Gasteiger partial charge in [0, 0.05) is 31.4 Å². The van der Waals surface area contributed by atoms with E-state index in [2.05, 4.69) is 19.2 Å². The van der Waals surface area contributed by atoms with E-state index < -0.39 is 17.8 Å². The summed E-state index contributed by atoms with van der Waals surface area (Å²) in [4.78, 5) is 30.6. The molecular formula is C27H35ClFN3O3. The number of carbonyl (C=O) groups is 2. The maximum absolute atomic E-state index is 14.1. The summed E-state index contributed by atoms with van der Waals surface area (Å²) in [6.07, 6.45) is -0.00372. The molecule has 3 rings (SSSR count). The molecule has 0 aromatic heterocycles. The van der Waals surface area contributed by atoms with Crippen molar-refractivity contribution < 1.29 is 18.7 Å². The second kappa shape index (κ2) is 11.9. The summed E-state index contributed by atoms with van der Waals surface area (Å²) in [5.74, 6) is -0.333. The van der Waals surface area contributed by atoms with Gasteiger partial charge < -0.3 is 15.0 Å². The summed E-state index contributed by atoms with van der Waals surface area (Å²) in [6, 6.07) is 10.3. The molecule has 2 unspecified atom stereocenters. The zero-order valence-corrected chi connectivity index (χ0v) is 21.8. The maximum Gasteiger partial charge on any atom is 0.250 e. The first-order chi connectivity index (χ1) is 16.6. The number of halogens is 2. The normalized spacial score (nSPS) is 16.9. The number of piperazine rings is 1. The van der Waals surface area contributed by atoms with Crippen LogP contribution in [0, 0.1) is 18.7 Å². The predicted molar refractivity (Wildman–Crippen MR) is 137 cm³/mol. The SMILES string of the molecule is Cc1cc(OC(C)C)ccc1N(C(=O)CCl)C(C(=O)N1CCNC(C(C)C)C1)c1ccc(F)cc1. The summed E-state index contributed by atoms with van der Waals surface area (Å²) in [5.41, 5.74) is 1.85. The van der Waals surface area contributed by atoms with Crippen molar-refractivity contribution in [2.75, 3.05) is 30.4 Å². The van der Waals surface area contributed by atoms with Crippen molar-refractivity contribution in [1.29, 1.82) is 0 Å². The molecule has 0 aliphatic carbocycles. The van der Waals surface area contributed by atoms with E-state index in [4.69, 9.17) is 16.3 Å². The van der Waals surface area contributed by atoms with E-state index in [1.54, 1.807) is 29.2 Å². The van der Waals surface area contributed by atoms with Crippen LogP contribution in [-0.2, 0) is 9.59 Å².